The third kappa shape index (κ3) is 4.42. The van der Waals surface area contributed by atoms with E-state index >= 15 is 0 Å². The van der Waals surface area contributed by atoms with E-state index in [-0.39, 0.29) is 5.91 Å². The summed E-state index contributed by atoms with van der Waals surface area (Å²) in [4.78, 5) is 25.6. The molecule has 4 rings (SSSR count). The monoisotopic (exact) mass is 395 g/mol. The molecule has 1 fully saturated rings. The maximum atomic E-state index is 12.9. The number of imidazole rings is 1. The Labute approximate surface area is 169 Å². The summed E-state index contributed by atoms with van der Waals surface area (Å²) in [6.45, 7) is 3.33. The van der Waals surface area contributed by atoms with Gasteiger partial charge in [0.05, 0.1) is 11.9 Å². The molecule has 3 aromatic rings. The number of rotatable bonds is 6. The van der Waals surface area contributed by atoms with Crippen LogP contribution in [0, 0.1) is 5.92 Å². The molecule has 1 amide bonds. The molecule has 0 aliphatic carbocycles. The summed E-state index contributed by atoms with van der Waals surface area (Å²) < 4.78 is 2.10. The molecular formula is C21H25N5OS. The van der Waals surface area contributed by atoms with Gasteiger partial charge in [0, 0.05) is 51.8 Å². The van der Waals surface area contributed by atoms with Gasteiger partial charge in [-0.15, -0.1) is 0 Å². The van der Waals surface area contributed by atoms with E-state index in [1.807, 2.05) is 36.6 Å². The Hall–Kier alpha value is -2.67. The van der Waals surface area contributed by atoms with Crippen molar-refractivity contribution < 1.29 is 4.79 Å². The molecule has 28 heavy (non-hydrogen) atoms. The van der Waals surface area contributed by atoms with Crippen LogP contribution in [0.1, 0.15) is 28.8 Å². The van der Waals surface area contributed by atoms with Crippen molar-refractivity contribution in [1.29, 1.82) is 0 Å². The predicted molar refractivity (Wildman–Crippen MR) is 112 cm³/mol. The zero-order valence-electron chi connectivity index (χ0n) is 16.1. The topological polar surface area (TPSA) is 54.3 Å². The van der Waals surface area contributed by atoms with E-state index in [1.54, 1.807) is 23.7 Å². The molecule has 146 valence electrons. The van der Waals surface area contributed by atoms with Gasteiger partial charge in [-0.3, -0.25) is 4.79 Å². The number of anilines is 1. The van der Waals surface area contributed by atoms with Crippen LogP contribution in [-0.4, -0.2) is 45.5 Å². The number of carbonyl (C=O) groups is 1. The zero-order valence-corrected chi connectivity index (χ0v) is 16.9. The van der Waals surface area contributed by atoms with Crippen molar-refractivity contribution in [1.82, 2.24) is 19.4 Å². The average Bonchev–Trinajstić information content (AvgIpc) is 3.42. The third-order valence-electron chi connectivity index (χ3n) is 5.22. The summed E-state index contributed by atoms with van der Waals surface area (Å²) >= 11 is 1.70. The first kappa shape index (κ1) is 18.7. The normalized spacial score (nSPS) is 16.9. The average molecular weight is 396 g/mol. The molecule has 0 spiro atoms. The minimum atomic E-state index is 0.0786. The Bertz CT molecular complexity index is 876. The van der Waals surface area contributed by atoms with Crippen LogP contribution in [0.15, 0.2) is 53.9 Å². The molecule has 4 heterocycles. The van der Waals surface area contributed by atoms with Gasteiger partial charge in [0.2, 0.25) is 0 Å². The maximum absolute atomic E-state index is 12.9. The molecule has 1 aliphatic rings. The van der Waals surface area contributed by atoms with Crippen LogP contribution in [0.2, 0.25) is 0 Å². The number of pyridine rings is 1. The number of hydrogen-bond donors (Lipinski definition) is 0. The van der Waals surface area contributed by atoms with Gasteiger partial charge in [-0.1, -0.05) is 0 Å². The number of piperidine rings is 1. The highest BCUT2D eigenvalue weighted by Crippen LogP contribution is 2.21. The first-order valence-corrected chi connectivity index (χ1v) is 10.6. The molecular weight excluding hydrogens is 370 g/mol. The highest BCUT2D eigenvalue weighted by atomic mass is 32.1. The number of nitrogens with zero attached hydrogens (tertiary/aromatic N) is 5. The first-order valence-electron chi connectivity index (χ1n) is 9.62. The van der Waals surface area contributed by atoms with Crippen molar-refractivity contribution in [2.75, 3.05) is 25.0 Å². The standard InChI is InChI=1S/C21H25N5OS/c1-24(12-18-6-10-28-15-18)20-5-4-19(11-23-20)21(27)26-8-2-3-17(14-26)13-25-9-7-22-16-25/h4-7,9-11,15-17H,2-3,8,12-14H2,1H3. The quantitative estimate of drug-likeness (QED) is 0.641. The van der Waals surface area contributed by atoms with Crippen molar-refractivity contribution in [2.45, 2.75) is 25.9 Å². The molecule has 6 nitrogen and oxygen atoms in total. The Balaban J connectivity index is 1.37. The smallest absolute Gasteiger partial charge is 0.255 e. The second-order valence-corrected chi connectivity index (χ2v) is 8.19. The lowest BCUT2D eigenvalue weighted by molar-refractivity contribution is 0.0662. The van der Waals surface area contributed by atoms with E-state index in [4.69, 9.17) is 0 Å². The minimum absolute atomic E-state index is 0.0786. The lowest BCUT2D eigenvalue weighted by Crippen LogP contribution is -2.41. The molecule has 1 atom stereocenters. The fourth-order valence-corrected chi connectivity index (χ4v) is 4.41. The Kier molecular flexibility index (Phi) is 5.71. The largest absolute Gasteiger partial charge is 0.355 e. The number of hydrogen-bond acceptors (Lipinski definition) is 5. The molecule has 0 bridgehead atoms. The molecule has 0 saturated carbocycles. The second kappa shape index (κ2) is 8.56. The van der Waals surface area contributed by atoms with Gasteiger partial charge < -0.3 is 14.4 Å². The molecule has 0 aromatic carbocycles. The lowest BCUT2D eigenvalue weighted by atomic mass is 9.97. The van der Waals surface area contributed by atoms with Crippen LogP contribution < -0.4 is 4.90 Å². The predicted octanol–water partition coefficient (Wildman–Crippen LogP) is 3.53. The highest BCUT2D eigenvalue weighted by Gasteiger charge is 2.25. The Morgan fingerprint density at radius 2 is 2.29 bits per heavy atom. The molecule has 7 heteroatoms. The van der Waals surface area contributed by atoms with Crippen molar-refractivity contribution in [3.63, 3.8) is 0 Å². The van der Waals surface area contributed by atoms with Crippen LogP contribution in [0.3, 0.4) is 0 Å². The SMILES string of the molecule is CN(Cc1ccsc1)c1ccc(C(=O)N2CCCC(Cn3ccnc3)C2)cn1. The van der Waals surface area contributed by atoms with Crippen molar-refractivity contribution >= 4 is 23.1 Å². The van der Waals surface area contributed by atoms with Crippen LogP contribution in [-0.2, 0) is 13.1 Å². The number of likely N-dealkylation sites (tertiary alicyclic amines) is 1. The number of amides is 1. The second-order valence-electron chi connectivity index (χ2n) is 7.41. The highest BCUT2D eigenvalue weighted by molar-refractivity contribution is 7.07. The van der Waals surface area contributed by atoms with Gasteiger partial charge >= 0.3 is 0 Å². The van der Waals surface area contributed by atoms with E-state index in [1.165, 1.54) is 5.56 Å². The van der Waals surface area contributed by atoms with Crippen molar-refractivity contribution in [3.8, 4) is 0 Å². The Morgan fingerprint density at radius 3 is 3.00 bits per heavy atom. The van der Waals surface area contributed by atoms with Gasteiger partial charge in [0.1, 0.15) is 5.82 Å². The van der Waals surface area contributed by atoms with Gasteiger partial charge in [-0.2, -0.15) is 11.3 Å². The van der Waals surface area contributed by atoms with E-state index in [9.17, 15) is 4.79 Å². The Morgan fingerprint density at radius 1 is 1.36 bits per heavy atom. The molecule has 0 N–H and O–H groups in total. The maximum Gasteiger partial charge on any atom is 0.255 e. The number of carbonyl (C=O) groups excluding carboxylic acids is 1. The molecule has 1 unspecified atom stereocenters. The molecule has 3 aromatic heterocycles. The first-order chi connectivity index (χ1) is 13.7. The lowest BCUT2D eigenvalue weighted by Gasteiger charge is -2.33. The van der Waals surface area contributed by atoms with E-state index in [2.05, 4.69) is 36.3 Å². The van der Waals surface area contributed by atoms with Crippen LogP contribution >= 0.6 is 11.3 Å². The van der Waals surface area contributed by atoms with Gasteiger partial charge in [-0.05, 0) is 53.3 Å². The van der Waals surface area contributed by atoms with Gasteiger partial charge in [-0.25, -0.2) is 9.97 Å². The summed E-state index contributed by atoms with van der Waals surface area (Å²) in [6.07, 6.45) is 9.52. The third-order valence-corrected chi connectivity index (χ3v) is 5.95. The summed E-state index contributed by atoms with van der Waals surface area (Å²) in [6, 6.07) is 5.95. The summed E-state index contributed by atoms with van der Waals surface area (Å²) in [7, 11) is 2.02. The van der Waals surface area contributed by atoms with E-state index in [0.29, 0.717) is 11.5 Å². The number of thiophene rings is 1. The summed E-state index contributed by atoms with van der Waals surface area (Å²) in [5, 5.41) is 4.22. The zero-order chi connectivity index (χ0) is 19.3. The summed E-state index contributed by atoms with van der Waals surface area (Å²) in [5.74, 6) is 1.42. The van der Waals surface area contributed by atoms with Crippen LogP contribution in [0.4, 0.5) is 5.82 Å². The van der Waals surface area contributed by atoms with Crippen molar-refractivity contribution in [3.05, 3.63) is 65.0 Å². The van der Waals surface area contributed by atoms with Gasteiger partial charge in [0.15, 0.2) is 0 Å². The van der Waals surface area contributed by atoms with Gasteiger partial charge in [0.25, 0.3) is 5.91 Å². The van der Waals surface area contributed by atoms with Crippen molar-refractivity contribution in [2.24, 2.45) is 5.92 Å². The fraction of sp³-hybridized carbons (Fsp3) is 0.381. The summed E-state index contributed by atoms with van der Waals surface area (Å²) in [5.41, 5.74) is 1.93. The molecule has 1 aliphatic heterocycles. The fourth-order valence-electron chi connectivity index (χ4n) is 3.75. The van der Waals surface area contributed by atoms with E-state index in [0.717, 1.165) is 44.8 Å². The van der Waals surface area contributed by atoms with Crippen LogP contribution in [0.25, 0.3) is 0 Å². The van der Waals surface area contributed by atoms with E-state index < -0.39 is 0 Å². The van der Waals surface area contributed by atoms with Crippen LogP contribution in [0.5, 0.6) is 0 Å². The number of aromatic nitrogens is 3. The molecule has 1 saturated heterocycles. The minimum Gasteiger partial charge on any atom is -0.355 e. The molecule has 0 radical (unpaired) electrons.